The summed E-state index contributed by atoms with van der Waals surface area (Å²) in [6.07, 6.45) is 1.71. The summed E-state index contributed by atoms with van der Waals surface area (Å²) < 4.78 is 20.1. The molecule has 0 radical (unpaired) electrons. The molecule has 1 aromatic carbocycles. The molecule has 0 unspecified atom stereocenters. The second-order valence-electron chi connectivity index (χ2n) is 6.48. The molecule has 27 heavy (non-hydrogen) atoms. The van der Waals surface area contributed by atoms with Crippen molar-refractivity contribution in [1.82, 2.24) is 20.1 Å². The van der Waals surface area contributed by atoms with Crippen LogP contribution in [-0.2, 0) is 6.54 Å². The van der Waals surface area contributed by atoms with Gasteiger partial charge in [-0.05, 0) is 31.2 Å². The van der Waals surface area contributed by atoms with E-state index < -0.39 is 0 Å². The average molecular weight is 369 g/mol. The lowest BCUT2D eigenvalue weighted by molar-refractivity contribution is 0.533. The molecule has 2 aromatic heterocycles. The largest absolute Gasteiger partial charge is 0.441 e. The second kappa shape index (κ2) is 7.32. The molecule has 1 aliphatic rings. The highest BCUT2D eigenvalue weighted by atomic mass is 19.1. The van der Waals surface area contributed by atoms with Gasteiger partial charge >= 0.3 is 0 Å². The van der Waals surface area contributed by atoms with Crippen molar-refractivity contribution in [2.45, 2.75) is 13.5 Å². The van der Waals surface area contributed by atoms with Gasteiger partial charge in [0.15, 0.2) is 0 Å². The molecule has 0 spiro atoms. The van der Waals surface area contributed by atoms with E-state index in [1.807, 2.05) is 0 Å². The Morgan fingerprint density at radius 1 is 1.22 bits per heavy atom. The molecular weight excluding hydrogens is 349 g/mol. The summed E-state index contributed by atoms with van der Waals surface area (Å²) in [6.45, 7) is 5.51. The van der Waals surface area contributed by atoms with Crippen molar-refractivity contribution >= 4 is 5.69 Å². The van der Waals surface area contributed by atoms with Gasteiger partial charge in [-0.15, -0.1) is 0 Å². The number of benzene rings is 1. The monoisotopic (exact) mass is 369 g/mol. The summed E-state index contributed by atoms with van der Waals surface area (Å²) in [5, 5.41) is 7.58. The van der Waals surface area contributed by atoms with Gasteiger partial charge in [0.25, 0.3) is 5.56 Å². The zero-order valence-corrected chi connectivity index (χ0v) is 15.0. The lowest BCUT2D eigenvalue weighted by Crippen LogP contribution is -2.44. The molecule has 1 aliphatic heterocycles. The van der Waals surface area contributed by atoms with Gasteiger partial charge < -0.3 is 14.6 Å². The fourth-order valence-corrected chi connectivity index (χ4v) is 3.07. The van der Waals surface area contributed by atoms with Crippen molar-refractivity contribution in [3.63, 3.8) is 0 Å². The Labute approximate surface area is 155 Å². The van der Waals surface area contributed by atoms with Crippen molar-refractivity contribution in [1.29, 1.82) is 0 Å². The number of hydrogen-bond donors (Lipinski definition) is 1. The minimum absolute atomic E-state index is 0.184. The van der Waals surface area contributed by atoms with Crippen LogP contribution in [0.5, 0.6) is 0 Å². The number of anilines is 1. The van der Waals surface area contributed by atoms with E-state index in [4.69, 9.17) is 4.42 Å². The fraction of sp³-hybridized carbons (Fsp3) is 0.316. The Balaban J connectivity index is 1.55. The predicted octanol–water partition coefficient (Wildman–Crippen LogP) is 1.80. The number of hydrogen-bond acceptors (Lipinski definition) is 6. The van der Waals surface area contributed by atoms with Crippen molar-refractivity contribution in [3.8, 4) is 11.5 Å². The van der Waals surface area contributed by atoms with Crippen LogP contribution in [0.1, 0.15) is 11.5 Å². The quantitative estimate of drug-likeness (QED) is 0.756. The van der Waals surface area contributed by atoms with E-state index in [0.717, 1.165) is 31.9 Å². The number of aromatic nitrogens is 3. The third-order valence-electron chi connectivity index (χ3n) is 4.62. The van der Waals surface area contributed by atoms with Crippen molar-refractivity contribution < 1.29 is 8.81 Å². The molecule has 7 nitrogen and oxygen atoms in total. The van der Waals surface area contributed by atoms with Crippen LogP contribution in [-0.4, -0.2) is 40.9 Å². The molecule has 1 fully saturated rings. The Kier molecular flexibility index (Phi) is 4.72. The van der Waals surface area contributed by atoms with Gasteiger partial charge in [-0.25, -0.2) is 14.1 Å². The summed E-state index contributed by atoms with van der Waals surface area (Å²) in [6, 6.07) is 7.54. The molecule has 3 heterocycles. The third kappa shape index (κ3) is 3.75. The molecule has 0 aliphatic carbocycles. The number of nitrogens with one attached hydrogen (secondary N) is 1. The molecule has 1 saturated heterocycles. The molecule has 140 valence electrons. The zero-order valence-electron chi connectivity index (χ0n) is 15.0. The zero-order chi connectivity index (χ0) is 18.8. The van der Waals surface area contributed by atoms with Crippen LogP contribution in [0, 0.1) is 12.7 Å². The number of halogens is 1. The number of aryl methyl sites for hydroxylation is 1. The molecule has 0 amide bonds. The maximum atomic E-state index is 13.1. The first-order valence-corrected chi connectivity index (χ1v) is 8.85. The first kappa shape index (κ1) is 17.4. The van der Waals surface area contributed by atoms with Crippen LogP contribution in [0.2, 0.25) is 0 Å². The summed E-state index contributed by atoms with van der Waals surface area (Å²) in [5.41, 5.74) is 1.96. The van der Waals surface area contributed by atoms with Gasteiger partial charge in [0, 0.05) is 37.8 Å². The Morgan fingerprint density at radius 3 is 2.67 bits per heavy atom. The number of oxazole rings is 1. The average Bonchev–Trinajstić information content (AvgIpc) is 3.05. The Hall–Kier alpha value is -3.00. The van der Waals surface area contributed by atoms with Gasteiger partial charge in [0.05, 0.1) is 18.4 Å². The molecule has 3 aromatic rings. The van der Waals surface area contributed by atoms with E-state index in [2.05, 4.69) is 20.3 Å². The predicted molar refractivity (Wildman–Crippen MR) is 99.3 cm³/mol. The van der Waals surface area contributed by atoms with Gasteiger partial charge in [0.1, 0.15) is 17.3 Å². The van der Waals surface area contributed by atoms with Gasteiger partial charge in [0.2, 0.25) is 5.89 Å². The number of rotatable bonds is 4. The molecular formula is C19H20FN5O2. The van der Waals surface area contributed by atoms with E-state index in [1.54, 1.807) is 31.3 Å². The summed E-state index contributed by atoms with van der Waals surface area (Å²) in [5.74, 6) is 0.685. The highest BCUT2D eigenvalue weighted by Crippen LogP contribution is 2.22. The lowest BCUT2D eigenvalue weighted by Gasteiger charge is -2.28. The highest BCUT2D eigenvalue weighted by Gasteiger charge is 2.15. The summed E-state index contributed by atoms with van der Waals surface area (Å²) in [7, 11) is 0. The normalized spacial score (nSPS) is 14.5. The first-order valence-electron chi connectivity index (χ1n) is 8.85. The molecule has 8 heteroatoms. The van der Waals surface area contributed by atoms with Crippen molar-refractivity contribution in [2.75, 3.05) is 31.1 Å². The summed E-state index contributed by atoms with van der Waals surface area (Å²) >= 11 is 0. The molecule has 0 atom stereocenters. The van der Waals surface area contributed by atoms with E-state index in [1.165, 1.54) is 16.8 Å². The van der Waals surface area contributed by atoms with E-state index in [9.17, 15) is 9.18 Å². The smallest absolute Gasteiger partial charge is 0.269 e. The van der Waals surface area contributed by atoms with Crippen molar-refractivity contribution in [2.24, 2.45) is 0 Å². The topological polar surface area (TPSA) is 76.2 Å². The van der Waals surface area contributed by atoms with Crippen LogP contribution >= 0.6 is 0 Å². The minimum Gasteiger partial charge on any atom is -0.441 e. The van der Waals surface area contributed by atoms with Crippen LogP contribution in [0.25, 0.3) is 11.5 Å². The molecule has 4 rings (SSSR count). The first-order chi connectivity index (χ1) is 13.1. The molecule has 1 N–H and O–H groups in total. The maximum Gasteiger partial charge on any atom is 0.269 e. The van der Waals surface area contributed by atoms with E-state index in [0.29, 0.717) is 22.9 Å². The lowest BCUT2D eigenvalue weighted by atomic mass is 10.2. The Morgan fingerprint density at radius 2 is 1.96 bits per heavy atom. The van der Waals surface area contributed by atoms with Crippen LogP contribution in [0.15, 0.2) is 45.7 Å². The summed E-state index contributed by atoms with van der Waals surface area (Å²) in [4.78, 5) is 19.1. The highest BCUT2D eigenvalue weighted by molar-refractivity contribution is 5.53. The molecule has 0 bridgehead atoms. The molecule has 0 saturated carbocycles. The van der Waals surface area contributed by atoms with Gasteiger partial charge in [-0.3, -0.25) is 4.79 Å². The van der Waals surface area contributed by atoms with Crippen LogP contribution in [0.4, 0.5) is 10.1 Å². The third-order valence-corrected chi connectivity index (χ3v) is 4.62. The SMILES string of the molecule is Cc1oc(-c2ccc(F)cc2)nc1Cn1ncc(N2CCNCC2)cc1=O. The van der Waals surface area contributed by atoms with Crippen LogP contribution < -0.4 is 15.8 Å². The minimum atomic E-state index is -0.317. The standard InChI is InChI=1S/C19H20FN5O2/c1-13-17(23-19(27-13)14-2-4-15(20)5-3-14)12-25-18(26)10-16(11-22-25)24-8-6-21-7-9-24/h2-5,10-11,21H,6-9,12H2,1H3. The van der Waals surface area contributed by atoms with Gasteiger partial charge in [-0.2, -0.15) is 5.10 Å². The van der Waals surface area contributed by atoms with E-state index >= 15 is 0 Å². The van der Waals surface area contributed by atoms with Gasteiger partial charge in [-0.1, -0.05) is 0 Å². The Bertz CT molecular complexity index is 990. The maximum absolute atomic E-state index is 13.1. The van der Waals surface area contributed by atoms with E-state index in [-0.39, 0.29) is 17.9 Å². The fourth-order valence-electron chi connectivity index (χ4n) is 3.07. The van der Waals surface area contributed by atoms with Crippen molar-refractivity contribution in [3.05, 3.63) is 64.2 Å². The van der Waals surface area contributed by atoms with Crippen LogP contribution in [0.3, 0.4) is 0 Å². The number of nitrogens with zero attached hydrogens (tertiary/aromatic N) is 4. The number of piperazine rings is 1. The second-order valence-corrected chi connectivity index (χ2v) is 6.48.